The zero-order valence-electron chi connectivity index (χ0n) is 14.4. The number of piperidine rings is 1. The van der Waals surface area contributed by atoms with E-state index in [0.717, 1.165) is 37.2 Å². The lowest BCUT2D eigenvalue weighted by atomic mass is 9.96. The van der Waals surface area contributed by atoms with Gasteiger partial charge in [0, 0.05) is 24.6 Å². The Labute approximate surface area is 142 Å². The minimum atomic E-state index is -0.245. The van der Waals surface area contributed by atoms with E-state index in [9.17, 15) is 9.90 Å². The second-order valence-electron chi connectivity index (χ2n) is 6.42. The van der Waals surface area contributed by atoms with E-state index >= 15 is 0 Å². The molecule has 1 N–H and O–H groups in total. The highest BCUT2D eigenvalue weighted by atomic mass is 16.3. The van der Waals surface area contributed by atoms with Gasteiger partial charge in [-0.25, -0.2) is 0 Å². The topological polar surface area (TPSA) is 58.4 Å². The fourth-order valence-corrected chi connectivity index (χ4v) is 3.69. The van der Waals surface area contributed by atoms with Gasteiger partial charge in [-0.3, -0.25) is 14.7 Å². The Morgan fingerprint density at radius 1 is 1.29 bits per heavy atom. The van der Waals surface area contributed by atoms with Crippen molar-refractivity contribution in [1.82, 2.24) is 14.5 Å². The third kappa shape index (κ3) is 3.08. The monoisotopic (exact) mass is 327 g/mol. The second-order valence-corrected chi connectivity index (χ2v) is 6.42. The molecule has 2 aromatic heterocycles. The van der Waals surface area contributed by atoms with Gasteiger partial charge in [0.05, 0.1) is 11.6 Å². The summed E-state index contributed by atoms with van der Waals surface area (Å²) >= 11 is 0. The van der Waals surface area contributed by atoms with Crippen LogP contribution in [0.25, 0.3) is 0 Å². The Bertz CT molecular complexity index is 749. The zero-order valence-corrected chi connectivity index (χ0v) is 14.4. The molecule has 0 saturated carbocycles. The normalized spacial score (nSPS) is 16.9. The number of aryl methyl sites for hydroxylation is 1. The number of likely N-dealkylation sites (tertiary alicyclic amines) is 1. The molecule has 0 amide bonds. The Balaban J connectivity index is 2.18. The highest BCUT2D eigenvalue weighted by molar-refractivity contribution is 5.40. The molecule has 3 rings (SSSR count). The molecule has 0 bridgehead atoms. The highest BCUT2D eigenvalue weighted by Crippen LogP contribution is 2.33. The third-order valence-electron chi connectivity index (χ3n) is 4.87. The highest BCUT2D eigenvalue weighted by Gasteiger charge is 2.29. The standard InChI is InChI=1S/C19H25N3O2/c1-3-22-14(2)12-16(23)17(19(22)24)18(15-8-7-9-20-13-15)21-10-5-4-6-11-21/h7-9,12-13,18,23H,3-6,10-11H2,1-2H3/t18-/m1/s1. The van der Waals surface area contributed by atoms with Gasteiger partial charge in [-0.15, -0.1) is 0 Å². The first-order chi connectivity index (χ1) is 11.6. The summed E-state index contributed by atoms with van der Waals surface area (Å²) in [5.74, 6) is 0.0848. The molecule has 0 radical (unpaired) electrons. The van der Waals surface area contributed by atoms with Crippen molar-refractivity contribution < 1.29 is 5.11 Å². The first kappa shape index (κ1) is 16.7. The summed E-state index contributed by atoms with van der Waals surface area (Å²) in [6.07, 6.45) is 6.98. The van der Waals surface area contributed by atoms with E-state index in [1.165, 1.54) is 6.42 Å². The fraction of sp³-hybridized carbons (Fsp3) is 0.474. The van der Waals surface area contributed by atoms with Gasteiger partial charge >= 0.3 is 0 Å². The lowest BCUT2D eigenvalue weighted by molar-refractivity contribution is 0.183. The van der Waals surface area contributed by atoms with Gasteiger partial charge in [-0.1, -0.05) is 12.5 Å². The van der Waals surface area contributed by atoms with Crippen molar-refractivity contribution in [3.63, 3.8) is 0 Å². The van der Waals surface area contributed by atoms with Crippen molar-refractivity contribution in [1.29, 1.82) is 0 Å². The van der Waals surface area contributed by atoms with E-state index in [1.54, 1.807) is 23.0 Å². The quantitative estimate of drug-likeness (QED) is 0.938. The van der Waals surface area contributed by atoms with Crippen molar-refractivity contribution in [2.24, 2.45) is 0 Å². The molecule has 2 aromatic rings. The minimum Gasteiger partial charge on any atom is -0.507 e. The van der Waals surface area contributed by atoms with Gasteiger partial charge in [0.2, 0.25) is 0 Å². The molecule has 0 spiro atoms. The maximum Gasteiger partial charge on any atom is 0.259 e. The average molecular weight is 327 g/mol. The Morgan fingerprint density at radius 3 is 2.67 bits per heavy atom. The van der Waals surface area contributed by atoms with Crippen LogP contribution in [0.15, 0.2) is 35.4 Å². The molecule has 1 fully saturated rings. The van der Waals surface area contributed by atoms with E-state index in [1.807, 2.05) is 26.0 Å². The molecule has 128 valence electrons. The van der Waals surface area contributed by atoms with E-state index < -0.39 is 0 Å². The van der Waals surface area contributed by atoms with Crippen molar-refractivity contribution in [3.05, 3.63) is 57.8 Å². The van der Waals surface area contributed by atoms with Crippen LogP contribution in [0.3, 0.4) is 0 Å². The maximum absolute atomic E-state index is 13.1. The summed E-state index contributed by atoms with van der Waals surface area (Å²) in [6.45, 7) is 6.26. The lowest BCUT2D eigenvalue weighted by Gasteiger charge is -2.35. The van der Waals surface area contributed by atoms with Crippen LogP contribution in [0, 0.1) is 6.92 Å². The van der Waals surface area contributed by atoms with Gasteiger partial charge in [-0.2, -0.15) is 0 Å². The van der Waals surface area contributed by atoms with E-state index in [4.69, 9.17) is 0 Å². The number of hydrogen-bond donors (Lipinski definition) is 1. The maximum atomic E-state index is 13.1. The van der Waals surface area contributed by atoms with Gasteiger partial charge in [0.15, 0.2) is 0 Å². The van der Waals surface area contributed by atoms with Crippen molar-refractivity contribution in [3.8, 4) is 5.75 Å². The van der Waals surface area contributed by atoms with Crippen LogP contribution in [0.2, 0.25) is 0 Å². The molecule has 1 saturated heterocycles. The fourth-order valence-electron chi connectivity index (χ4n) is 3.69. The molecule has 24 heavy (non-hydrogen) atoms. The van der Waals surface area contributed by atoms with Crippen LogP contribution >= 0.6 is 0 Å². The largest absolute Gasteiger partial charge is 0.507 e. The number of aromatic hydroxyl groups is 1. The molecule has 1 aliphatic rings. The van der Waals surface area contributed by atoms with Gasteiger partial charge in [0.1, 0.15) is 5.75 Å². The van der Waals surface area contributed by atoms with Gasteiger partial charge in [0.25, 0.3) is 5.56 Å². The van der Waals surface area contributed by atoms with E-state index in [2.05, 4.69) is 9.88 Å². The Hall–Kier alpha value is -2.14. The number of hydrogen-bond acceptors (Lipinski definition) is 4. The molecule has 0 aromatic carbocycles. The van der Waals surface area contributed by atoms with Crippen LogP contribution in [-0.4, -0.2) is 32.6 Å². The van der Waals surface area contributed by atoms with Crippen molar-refractivity contribution in [2.75, 3.05) is 13.1 Å². The molecular weight excluding hydrogens is 302 g/mol. The summed E-state index contributed by atoms with van der Waals surface area (Å²) in [5, 5.41) is 10.6. The van der Waals surface area contributed by atoms with E-state index in [-0.39, 0.29) is 17.4 Å². The van der Waals surface area contributed by atoms with E-state index in [0.29, 0.717) is 12.1 Å². The van der Waals surface area contributed by atoms with Crippen LogP contribution in [0.4, 0.5) is 0 Å². The summed E-state index contributed by atoms with van der Waals surface area (Å²) in [5.41, 5.74) is 2.11. The van der Waals surface area contributed by atoms with Crippen LogP contribution in [-0.2, 0) is 6.54 Å². The summed E-state index contributed by atoms with van der Waals surface area (Å²) in [4.78, 5) is 19.6. The predicted octanol–water partition coefficient (Wildman–Crippen LogP) is 2.85. The van der Waals surface area contributed by atoms with Crippen LogP contribution < -0.4 is 5.56 Å². The predicted molar refractivity (Wildman–Crippen MR) is 94.3 cm³/mol. The molecule has 1 atom stereocenters. The lowest BCUT2D eigenvalue weighted by Crippen LogP contribution is -2.38. The van der Waals surface area contributed by atoms with Crippen LogP contribution in [0.1, 0.15) is 49.0 Å². The summed E-state index contributed by atoms with van der Waals surface area (Å²) < 4.78 is 1.72. The summed E-state index contributed by atoms with van der Waals surface area (Å²) in [7, 11) is 0. The minimum absolute atomic E-state index is 0.0848. The molecule has 0 aliphatic carbocycles. The van der Waals surface area contributed by atoms with Crippen molar-refractivity contribution in [2.45, 2.75) is 45.7 Å². The zero-order chi connectivity index (χ0) is 17.1. The first-order valence-corrected chi connectivity index (χ1v) is 8.70. The molecule has 0 unspecified atom stereocenters. The summed E-state index contributed by atoms with van der Waals surface area (Å²) in [6, 6.07) is 5.33. The molecule has 1 aliphatic heterocycles. The Morgan fingerprint density at radius 2 is 2.04 bits per heavy atom. The first-order valence-electron chi connectivity index (χ1n) is 8.70. The molecular formula is C19H25N3O2. The second kappa shape index (κ2) is 7.18. The smallest absolute Gasteiger partial charge is 0.259 e. The number of nitrogens with zero attached hydrogens (tertiary/aromatic N) is 3. The number of rotatable bonds is 4. The SMILES string of the molecule is CCn1c(C)cc(O)c([C@@H](c2cccnc2)N2CCCCC2)c1=O. The molecule has 5 nitrogen and oxygen atoms in total. The number of aromatic nitrogens is 2. The number of pyridine rings is 2. The van der Waals surface area contributed by atoms with Crippen LogP contribution in [0.5, 0.6) is 5.75 Å². The van der Waals surface area contributed by atoms with Crippen molar-refractivity contribution >= 4 is 0 Å². The molecule has 5 heteroatoms. The average Bonchev–Trinajstić information content (AvgIpc) is 2.60. The Kier molecular flexibility index (Phi) is 5.00. The molecule has 3 heterocycles. The van der Waals surface area contributed by atoms with Gasteiger partial charge in [-0.05, 0) is 57.5 Å². The van der Waals surface area contributed by atoms with Gasteiger partial charge < -0.3 is 9.67 Å². The third-order valence-corrected chi connectivity index (χ3v) is 4.87.